The quantitative estimate of drug-likeness (QED) is 0.674. The van der Waals surface area contributed by atoms with Crippen molar-refractivity contribution in [3.63, 3.8) is 0 Å². The summed E-state index contributed by atoms with van der Waals surface area (Å²) < 4.78 is 12.3. The smallest absolute Gasteiger partial charge is 0.126 e. The van der Waals surface area contributed by atoms with Gasteiger partial charge in [-0.1, -0.05) is 48.5 Å². The predicted molar refractivity (Wildman–Crippen MR) is 86.8 cm³/mol. The zero-order chi connectivity index (χ0) is 15.9. The molecule has 0 bridgehead atoms. The first kappa shape index (κ1) is 15.5. The van der Waals surface area contributed by atoms with Crippen molar-refractivity contribution in [3.8, 4) is 17.3 Å². The molecule has 2 aromatic carbocycles. The molecule has 0 spiro atoms. The van der Waals surface area contributed by atoms with Gasteiger partial charge in [0.1, 0.15) is 11.9 Å². The summed E-state index contributed by atoms with van der Waals surface area (Å²) in [7, 11) is 0. The van der Waals surface area contributed by atoms with Gasteiger partial charge in [-0.15, -0.1) is 0 Å². The molecule has 3 aromatic rings. The third-order valence-corrected chi connectivity index (χ3v) is 3.30. The zero-order valence-electron chi connectivity index (χ0n) is 12.6. The number of nitrogens with one attached hydrogen (secondary N) is 1. The summed E-state index contributed by atoms with van der Waals surface area (Å²) in [6.07, 6.45) is 0. The maximum Gasteiger partial charge on any atom is 0.126 e. The Morgan fingerprint density at radius 1 is 0.955 bits per heavy atom. The van der Waals surface area contributed by atoms with Crippen LogP contribution in [0.2, 0.25) is 0 Å². The highest BCUT2D eigenvalue weighted by Crippen LogP contribution is 2.20. The third kappa shape index (κ3) is 3.83. The number of hydrogen-bond donors (Lipinski definition) is 1. The van der Waals surface area contributed by atoms with E-state index in [0.717, 1.165) is 17.0 Å². The van der Waals surface area contributed by atoms with Crippen LogP contribution < -0.4 is 0 Å². The van der Waals surface area contributed by atoms with Crippen LogP contribution in [0.15, 0.2) is 60.7 Å². The van der Waals surface area contributed by atoms with E-state index in [-0.39, 0.29) is 5.82 Å². The molecule has 3 heteroatoms. The molecule has 1 N–H and O–H groups in total. The van der Waals surface area contributed by atoms with Crippen molar-refractivity contribution in [2.45, 2.75) is 13.8 Å². The van der Waals surface area contributed by atoms with Gasteiger partial charge in [0.05, 0.1) is 5.56 Å². The van der Waals surface area contributed by atoms with E-state index in [4.69, 9.17) is 5.26 Å². The number of H-pyrrole nitrogens is 1. The Hall–Kier alpha value is -2.86. The van der Waals surface area contributed by atoms with Gasteiger partial charge in [0.25, 0.3) is 0 Å². The van der Waals surface area contributed by atoms with E-state index in [1.54, 1.807) is 19.1 Å². The van der Waals surface area contributed by atoms with Crippen molar-refractivity contribution in [1.29, 1.82) is 5.26 Å². The molecule has 0 amide bonds. The first-order valence-electron chi connectivity index (χ1n) is 6.98. The second-order valence-electron chi connectivity index (χ2n) is 4.95. The highest BCUT2D eigenvalue weighted by Gasteiger charge is 2.04. The molecule has 3 rings (SSSR count). The van der Waals surface area contributed by atoms with Crippen LogP contribution in [0.1, 0.15) is 16.8 Å². The van der Waals surface area contributed by atoms with Crippen LogP contribution in [0.5, 0.6) is 0 Å². The fourth-order valence-electron chi connectivity index (χ4n) is 2.00. The van der Waals surface area contributed by atoms with Gasteiger partial charge in [-0.25, -0.2) is 4.39 Å². The summed E-state index contributed by atoms with van der Waals surface area (Å²) in [6, 6.07) is 20.7. The van der Waals surface area contributed by atoms with Gasteiger partial charge >= 0.3 is 0 Å². The van der Waals surface area contributed by atoms with Gasteiger partial charge < -0.3 is 4.98 Å². The highest BCUT2D eigenvalue weighted by atomic mass is 19.1. The fraction of sp³-hybridized carbons (Fsp3) is 0.105. The zero-order valence-corrected chi connectivity index (χ0v) is 12.6. The first-order valence-corrected chi connectivity index (χ1v) is 6.98. The minimum atomic E-state index is -0.132. The van der Waals surface area contributed by atoms with Crippen LogP contribution in [-0.4, -0.2) is 4.98 Å². The molecule has 0 saturated carbocycles. The van der Waals surface area contributed by atoms with Crippen molar-refractivity contribution < 1.29 is 4.39 Å². The Balaban J connectivity index is 0.000000188. The van der Waals surface area contributed by atoms with Gasteiger partial charge in [0, 0.05) is 11.4 Å². The van der Waals surface area contributed by atoms with E-state index >= 15 is 0 Å². The number of nitriles is 1. The molecule has 0 aliphatic heterocycles. The van der Waals surface area contributed by atoms with Crippen LogP contribution in [0.3, 0.4) is 0 Å². The van der Waals surface area contributed by atoms with Gasteiger partial charge in [-0.3, -0.25) is 0 Å². The number of nitrogens with zero attached hydrogens (tertiary/aromatic N) is 1. The summed E-state index contributed by atoms with van der Waals surface area (Å²) in [5.74, 6) is -0.132. The minimum absolute atomic E-state index is 0.132. The maximum atomic E-state index is 12.3. The lowest BCUT2D eigenvalue weighted by Gasteiger charge is -1.95. The molecule has 0 atom stereocenters. The van der Waals surface area contributed by atoms with Gasteiger partial charge in [-0.2, -0.15) is 5.26 Å². The van der Waals surface area contributed by atoms with Gasteiger partial charge in [-0.05, 0) is 37.1 Å². The van der Waals surface area contributed by atoms with Crippen LogP contribution in [-0.2, 0) is 0 Å². The average molecular weight is 292 g/mol. The van der Waals surface area contributed by atoms with Crippen molar-refractivity contribution in [3.05, 3.63) is 83.3 Å². The van der Waals surface area contributed by atoms with Gasteiger partial charge in [0.2, 0.25) is 0 Å². The molecule has 22 heavy (non-hydrogen) atoms. The lowest BCUT2D eigenvalue weighted by atomic mass is 10.1. The Morgan fingerprint density at radius 3 is 2.09 bits per heavy atom. The number of benzene rings is 2. The van der Waals surface area contributed by atoms with Crippen LogP contribution in [0, 0.1) is 31.0 Å². The lowest BCUT2D eigenvalue weighted by molar-refractivity contribution is 0.618. The lowest BCUT2D eigenvalue weighted by Crippen LogP contribution is -1.76. The summed E-state index contributed by atoms with van der Waals surface area (Å²) in [5.41, 5.74) is 4.44. The molecular formula is C19H17FN2. The van der Waals surface area contributed by atoms with Crippen molar-refractivity contribution in [1.82, 2.24) is 4.98 Å². The SMILES string of the molecule is Cc1[nH]c(-c2ccccc2)cc1C#N.Cc1ccccc1F. The molecule has 0 aliphatic rings. The van der Waals surface area contributed by atoms with Crippen molar-refractivity contribution in [2.75, 3.05) is 0 Å². The number of halogens is 1. The monoisotopic (exact) mass is 292 g/mol. The number of hydrogen-bond acceptors (Lipinski definition) is 1. The molecule has 0 aliphatic carbocycles. The molecule has 0 unspecified atom stereocenters. The van der Waals surface area contributed by atoms with E-state index in [9.17, 15) is 4.39 Å². The molecule has 1 heterocycles. The Labute approximate surface area is 129 Å². The average Bonchev–Trinajstić information content (AvgIpc) is 2.93. The number of aromatic amines is 1. The molecule has 0 radical (unpaired) electrons. The van der Waals surface area contributed by atoms with Crippen molar-refractivity contribution in [2.24, 2.45) is 0 Å². The van der Waals surface area contributed by atoms with E-state index in [0.29, 0.717) is 11.1 Å². The van der Waals surface area contributed by atoms with Gasteiger partial charge in [0.15, 0.2) is 0 Å². The predicted octanol–water partition coefficient (Wildman–Crippen LogP) is 5.00. The molecule has 0 saturated heterocycles. The number of rotatable bonds is 1. The normalized spacial score (nSPS) is 9.55. The Bertz CT molecular complexity index is 762. The summed E-state index contributed by atoms with van der Waals surface area (Å²) in [4.78, 5) is 3.19. The summed E-state index contributed by atoms with van der Waals surface area (Å²) >= 11 is 0. The van der Waals surface area contributed by atoms with Crippen LogP contribution in [0.25, 0.3) is 11.3 Å². The molecule has 2 nitrogen and oxygen atoms in total. The minimum Gasteiger partial charge on any atom is -0.358 e. The summed E-state index contributed by atoms with van der Waals surface area (Å²) in [6.45, 7) is 3.65. The number of aryl methyl sites for hydroxylation is 2. The van der Waals surface area contributed by atoms with Crippen molar-refractivity contribution >= 4 is 0 Å². The molecule has 0 fully saturated rings. The fourth-order valence-corrected chi connectivity index (χ4v) is 2.00. The maximum absolute atomic E-state index is 12.3. The van der Waals surface area contributed by atoms with Crippen LogP contribution in [0.4, 0.5) is 4.39 Å². The standard InChI is InChI=1S/C12H10N2.C7H7F/c1-9-11(8-13)7-12(14-9)10-5-3-2-4-6-10;1-6-4-2-3-5-7(6)8/h2-7,14H,1H3;2-5H,1H3. The first-order chi connectivity index (χ1) is 10.6. The largest absolute Gasteiger partial charge is 0.358 e. The van der Waals surface area contributed by atoms with E-state index < -0.39 is 0 Å². The molecule has 110 valence electrons. The second-order valence-corrected chi connectivity index (χ2v) is 4.95. The molecular weight excluding hydrogens is 275 g/mol. The Morgan fingerprint density at radius 2 is 1.59 bits per heavy atom. The Kier molecular flexibility index (Phi) is 5.11. The van der Waals surface area contributed by atoms with Crippen LogP contribution >= 0.6 is 0 Å². The third-order valence-electron chi connectivity index (χ3n) is 3.30. The topological polar surface area (TPSA) is 39.6 Å². The highest BCUT2D eigenvalue weighted by molar-refractivity contribution is 5.62. The molecule has 1 aromatic heterocycles. The number of aromatic nitrogens is 1. The summed E-state index contributed by atoms with van der Waals surface area (Å²) in [5, 5.41) is 8.81. The van der Waals surface area contributed by atoms with E-state index in [1.165, 1.54) is 6.07 Å². The van der Waals surface area contributed by atoms with E-state index in [1.807, 2.05) is 49.4 Å². The second kappa shape index (κ2) is 7.24. The van der Waals surface area contributed by atoms with E-state index in [2.05, 4.69) is 11.1 Å².